The smallest absolute Gasteiger partial charge is 0.350 e. The zero-order valence-electron chi connectivity index (χ0n) is 16.7. The Morgan fingerprint density at radius 3 is 2.52 bits per heavy atom. The van der Waals surface area contributed by atoms with Crippen LogP contribution in [0.1, 0.15) is 31.0 Å². The number of rotatable bonds is 5. The Morgan fingerprint density at radius 2 is 1.87 bits per heavy atom. The van der Waals surface area contributed by atoms with E-state index in [1.165, 1.54) is 37.3 Å². The predicted molar refractivity (Wildman–Crippen MR) is 111 cm³/mol. The van der Waals surface area contributed by atoms with Gasteiger partial charge >= 0.3 is 11.9 Å². The average molecular weight is 454 g/mol. The van der Waals surface area contributed by atoms with Gasteiger partial charge in [0.2, 0.25) is 5.91 Å². The van der Waals surface area contributed by atoms with Crippen LogP contribution in [0.15, 0.2) is 52.1 Å². The molecule has 1 heterocycles. The molecular weight excluding hydrogens is 435 g/mol. The van der Waals surface area contributed by atoms with Crippen molar-refractivity contribution < 1.29 is 18.0 Å². The first-order valence-corrected chi connectivity index (χ1v) is 9.80. The van der Waals surface area contributed by atoms with Crippen LogP contribution in [0.25, 0.3) is 10.9 Å². The highest BCUT2D eigenvalue weighted by molar-refractivity contribution is 6.31. The monoisotopic (exact) mass is 453 g/mol. The van der Waals surface area contributed by atoms with Crippen molar-refractivity contribution in [3.05, 3.63) is 79.5 Å². The zero-order valence-corrected chi connectivity index (χ0v) is 17.4. The van der Waals surface area contributed by atoms with E-state index in [0.29, 0.717) is 0 Å². The van der Waals surface area contributed by atoms with Gasteiger partial charge in [-0.25, -0.2) is 4.79 Å². The summed E-state index contributed by atoms with van der Waals surface area (Å²) in [6.07, 6.45) is -4.49. The van der Waals surface area contributed by atoms with Gasteiger partial charge in [-0.05, 0) is 49.7 Å². The summed E-state index contributed by atoms with van der Waals surface area (Å²) in [5, 5.41) is 3.06. The summed E-state index contributed by atoms with van der Waals surface area (Å²) >= 11 is 6.03. The Balaban J connectivity index is 1.95. The normalized spacial score (nSPS) is 12.7. The second-order valence-corrected chi connectivity index (χ2v) is 7.39. The molecule has 1 unspecified atom stereocenters. The van der Waals surface area contributed by atoms with Crippen molar-refractivity contribution >= 4 is 28.4 Å². The van der Waals surface area contributed by atoms with Crippen molar-refractivity contribution in [1.29, 1.82) is 0 Å². The third kappa shape index (κ3) is 4.51. The Hall–Kier alpha value is -3.07. The van der Waals surface area contributed by atoms with Gasteiger partial charge in [-0.15, -0.1) is 0 Å². The minimum absolute atomic E-state index is 0.106. The van der Waals surface area contributed by atoms with E-state index in [9.17, 15) is 27.6 Å². The van der Waals surface area contributed by atoms with Crippen LogP contribution < -0.4 is 16.6 Å². The number of hydrogen-bond acceptors (Lipinski definition) is 3. The van der Waals surface area contributed by atoms with Crippen molar-refractivity contribution in [3.63, 3.8) is 0 Å². The lowest BCUT2D eigenvalue weighted by Crippen LogP contribution is -2.44. The van der Waals surface area contributed by atoms with Gasteiger partial charge in [-0.3, -0.25) is 18.7 Å². The molecule has 0 radical (unpaired) electrons. The van der Waals surface area contributed by atoms with Crippen molar-refractivity contribution in [2.75, 3.05) is 0 Å². The van der Waals surface area contributed by atoms with E-state index in [0.717, 1.165) is 21.3 Å². The lowest BCUT2D eigenvalue weighted by Gasteiger charge is -2.19. The van der Waals surface area contributed by atoms with Crippen LogP contribution in [0.5, 0.6) is 0 Å². The molecule has 164 valence electrons. The van der Waals surface area contributed by atoms with Gasteiger partial charge < -0.3 is 5.32 Å². The highest BCUT2D eigenvalue weighted by Gasteiger charge is 2.30. The number of halogens is 4. The lowest BCUT2D eigenvalue weighted by atomic mass is 10.1. The van der Waals surface area contributed by atoms with Crippen molar-refractivity contribution in [2.45, 2.75) is 39.2 Å². The number of benzene rings is 2. The van der Waals surface area contributed by atoms with Gasteiger partial charge in [0.1, 0.15) is 6.04 Å². The molecule has 1 atom stereocenters. The first-order valence-electron chi connectivity index (χ1n) is 9.43. The molecular formula is C21H19ClF3N3O3. The zero-order chi connectivity index (χ0) is 22.9. The molecule has 3 rings (SSSR count). The van der Waals surface area contributed by atoms with Crippen LogP contribution in [0.3, 0.4) is 0 Å². The SMILES string of the molecule is CCn1c(=O)c2ccc(Cl)cc2n(C(C)C(=O)NCc2cccc(C(F)(F)F)c2)c1=O. The first kappa shape index (κ1) is 22.6. The highest BCUT2D eigenvalue weighted by Crippen LogP contribution is 2.29. The van der Waals surface area contributed by atoms with Gasteiger partial charge in [-0.1, -0.05) is 23.7 Å². The predicted octanol–water partition coefficient (Wildman–Crippen LogP) is 3.73. The number of nitrogens with zero attached hydrogens (tertiary/aromatic N) is 2. The number of carbonyl (C=O) groups excluding carboxylic acids is 1. The van der Waals surface area contributed by atoms with E-state index in [1.54, 1.807) is 6.92 Å². The summed E-state index contributed by atoms with van der Waals surface area (Å²) in [5.41, 5.74) is -1.53. The van der Waals surface area contributed by atoms with E-state index < -0.39 is 34.9 Å². The summed E-state index contributed by atoms with van der Waals surface area (Å²) in [5.74, 6) is -0.595. The molecule has 6 nitrogen and oxygen atoms in total. The molecule has 0 fully saturated rings. The third-order valence-electron chi connectivity index (χ3n) is 4.94. The summed E-state index contributed by atoms with van der Waals surface area (Å²) < 4.78 is 40.8. The summed E-state index contributed by atoms with van der Waals surface area (Å²) in [4.78, 5) is 38.2. The van der Waals surface area contributed by atoms with Crippen molar-refractivity contribution in [3.8, 4) is 0 Å². The quantitative estimate of drug-likeness (QED) is 0.639. The first-order chi connectivity index (χ1) is 14.5. The Kier molecular flexibility index (Phi) is 6.26. The second kappa shape index (κ2) is 8.58. The van der Waals surface area contributed by atoms with Crippen molar-refractivity contribution in [2.24, 2.45) is 0 Å². The molecule has 1 aromatic heterocycles. The number of carbonyl (C=O) groups is 1. The summed E-state index contributed by atoms with van der Waals surface area (Å²) in [7, 11) is 0. The largest absolute Gasteiger partial charge is 0.416 e. The fraction of sp³-hybridized carbons (Fsp3) is 0.286. The molecule has 0 spiro atoms. The number of aromatic nitrogens is 2. The highest BCUT2D eigenvalue weighted by atomic mass is 35.5. The number of alkyl halides is 3. The number of amides is 1. The Bertz CT molecular complexity index is 1260. The molecule has 0 saturated carbocycles. The standard InChI is InChI=1S/C21H19ClF3N3O3/c1-3-27-19(30)16-8-7-15(22)10-17(16)28(20(27)31)12(2)18(29)26-11-13-5-4-6-14(9-13)21(23,24)25/h4-10,12H,3,11H2,1-2H3,(H,26,29). The molecule has 1 N–H and O–H groups in total. The minimum Gasteiger partial charge on any atom is -0.350 e. The van der Waals surface area contributed by atoms with Gasteiger partial charge in [-0.2, -0.15) is 13.2 Å². The van der Waals surface area contributed by atoms with Gasteiger partial charge in [0, 0.05) is 18.1 Å². The maximum atomic E-state index is 12.9. The third-order valence-corrected chi connectivity index (χ3v) is 5.17. The fourth-order valence-corrected chi connectivity index (χ4v) is 3.48. The van der Waals surface area contributed by atoms with Crippen LogP contribution >= 0.6 is 11.6 Å². The summed E-state index contributed by atoms with van der Waals surface area (Å²) in [6.45, 7) is 3.05. The molecule has 1 amide bonds. The number of hydrogen-bond donors (Lipinski definition) is 1. The van der Waals surface area contributed by atoms with E-state index in [-0.39, 0.29) is 34.6 Å². The van der Waals surface area contributed by atoms with E-state index in [1.807, 2.05) is 0 Å². The number of nitrogens with one attached hydrogen (secondary N) is 1. The molecule has 0 bridgehead atoms. The van der Waals surface area contributed by atoms with E-state index in [4.69, 9.17) is 11.6 Å². The van der Waals surface area contributed by atoms with E-state index in [2.05, 4.69) is 5.32 Å². The Morgan fingerprint density at radius 1 is 1.16 bits per heavy atom. The van der Waals surface area contributed by atoms with Gasteiger partial charge in [0.25, 0.3) is 5.56 Å². The summed E-state index contributed by atoms with van der Waals surface area (Å²) in [6, 6.07) is 7.98. The van der Waals surface area contributed by atoms with E-state index >= 15 is 0 Å². The fourth-order valence-electron chi connectivity index (χ4n) is 3.32. The molecule has 0 aliphatic rings. The lowest BCUT2D eigenvalue weighted by molar-refractivity contribution is -0.137. The van der Waals surface area contributed by atoms with Crippen LogP contribution in [0.2, 0.25) is 5.02 Å². The topological polar surface area (TPSA) is 73.1 Å². The average Bonchev–Trinajstić information content (AvgIpc) is 2.71. The van der Waals surface area contributed by atoms with Crippen molar-refractivity contribution in [1.82, 2.24) is 14.5 Å². The van der Waals surface area contributed by atoms with Crippen LogP contribution in [0, 0.1) is 0 Å². The van der Waals surface area contributed by atoms with Gasteiger partial charge in [0.15, 0.2) is 0 Å². The molecule has 0 aliphatic heterocycles. The minimum atomic E-state index is -4.49. The van der Waals surface area contributed by atoms with Crippen LogP contribution in [-0.4, -0.2) is 15.0 Å². The molecule has 31 heavy (non-hydrogen) atoms. The number of fused-ring (bicyclic) bond motifs is 1. The molecule has 0 aliphatic carbocycles. The molecule has 10 heteroatoms. The molecule has 3 aromatic rings. The molecule has 2 aromatic carbocycles. The van der Waals surface area contributed by atoms with Gasteiger partial charge in [0.05, 0.1) is 16.5 Å². The maximum Gasteiger partial charge on any atom is 0.416 e. The maximum absolute atomic E-state index is 12.9. The Labute approximate surface area is 179 Å². The van der Waals surface area contributed by atoms with Crippen LogP contribution in [0.4, 0.5) is 13.2 Å². The second-order valence-electron chi connectivity index (χ2n) is 6.96. The van der Waals surface area contributed by atoms with Crippen LogP contribution in [-0.2, 0) is 24.1 Å². The molecule has 0 saturated heterocycles.